The van der Waals surface area contributed by atoms with E-state index in [2.05, 4.69) is 18.8 Å². The van der Waals surface area contributed by atoms with Gasteiger partial charge in [0.2, 0.25) is 11.8 Å². The van der Waals surface area contributed by atoms with Gasteiger partial charge in [0, 0.05) is 13.2 Å². The van der Waals surface area contributed by atoms with Crippen molar-refractivity contribution in [2.45, 2.75) is 52.1 Å². The summed E-state index contributed by atoms with van der Waals surface area (Å²) in [6.45, 7) is 4.05. The van der Waals surface area contributed by atoms with Crippen molar-refractivity contribution in [1.29, 1.82) is 0 Å². The highest BCUT2D eigenvalue weighted by Gasteiger charge is 2.56. The maximum atomic E-state index is 13.1. The number of allylic oxidation sites excluding steroid dienone is 2. The second-order valence-electron chi connectivity index (χ2n) is 10.5. The number of carbonyl (C=O) groups excluding carboxylic acids is 2. The molecular weight excluding hydrogens is 471 g/mol. The first-order chi connectivity index (χ1) is 17.8. The molecule has 9 heteroatoms. The smallest absolute Gasteiger partial charge is 0.455 e. The molecule has 2 fully saturated rings. The Hall–Kier alpha value is -3.01. The fourth-order valence-electron chi connectivity index (χ4n) is 6.25. The van der Waals surface area contributed by atoms with Crippen molar-refractivity contribution in [1.82, 2.24) is 9.88 Å². The fourth-order valence-corrected chi connectivity index (χ4v) is 6.25. The zero-order valence-electron chi connectivity index (χ0n) is 21.5. The number of rotatable bonds is 7. The standard InChI is InChI=1S/C28H33BN2O6/c1-16(2)20-13-21-26(28(34)31(3)27(21)33)22-14-29(35)37-24(25(20)22)10-7-17(23-6-4-5-11-30-23)12-18-8-9-19(15-32)36-18/h4-6,8-9,11-12,16,21-22,24,26,32,35H,7,10,13-15H2,1-3H3/b17-12-/t21-,22+,24-,26-/m1/s1. The summed E-state index contributed by atoms with van der Waals surface area (Å²) >= 11 is 0. The summed E-state index contributed by atoms with van der Waals surface area (Å²) in [5.41, 5.74) is 3.99. The highest BCUT2D eigenvalue weighted by molar-refractivity contribution is 6.43. The Labute approximate surface area is 217 Å². The molecule has 3 aliphatic rings. The van der Waals surface area contributed by atoms with Gasteiger partial charge >= 0.3 is 7.12 Å². The van der Waals surface area contributed by atoms with Gasteiger partial charge < -0.3 is 19.2 Å². The number of pyridine rings is 1. The van der Waals surface area contributed by atoms with Crippen LogP contribution in [0.2, 0.25) is 6.32 Å². The Kier molecular flexibility index (Phi) is 7.20. The molecule has 5 rings (SSSR count). The molecule has 8 nitrogen and oxygen atoms in total. The SMILES string of the molecule is CC(C)C1=C2[C@@H](CC/C(=C/c3ccc(CO)o3)c3ccccn3)OB(O)C[C@@H]2[C@@H]2C(=O)N(C)C(=O)[C@@H]2C1. The van der Waals surface area contributed by atoms with E-state index in [-0.39, 0.29) is 42.3 Å². The minimum atomic E-state index is -1.00. The van der Waals surface area contributed by atoms with E-state index in [4.69, 9.17) is 9.07 Å². The number of hydrogen-bond donors (Lipinski definition) is 2. The van der Waals surface area contributed by atoms with Crippen molar-refractivity contribution in [2.24, 2.45) is 23.7 Å². The quantitative estimate of drug-likeness (QED) is 0.337. The number of hydrogen-bond acceptors (Lipinski definition) is 7. The number of aliphatic hydroxyl groups is 1. The summed E-state index contributed by atoms with van der Waals surface area (Å²) in [6.07, 6.45) is 5.31. The first-order valence-corrected chi connectivity index (χ1v) is 13.0. The molecule has 0 aromatic carbocycles. The zero-order valence-corrected chi connectivity index (χ0v) is 21.5. The van der Waals surface area contributed by atoms with Gasteiger partial charge in [-0.15, -0.1) is 0 Å². The molecule has 2 amide bonds. The summed E-state index contributed by atoms with van der Waals surface area (Å²) in [4.78, 5) is 31.8. The van der Waals surface area contributed by atoms with Crippen molar-refractivity contribution in [3.05, 3.63) is 64.9 Å². The number of amides is 2. The van der Waals surface area contributed by atoms with Gasteiger partial charge in [-0.25, -0.2) is 0 Å². The number of carbonyl (C=O) groups is 2. The maximum absolute atomic E-state index is 13.1. The molecule has 194 valence electrons. The van der Waals surface area contributed by atoms with Gasteiger partial charge in [0.1, 0.15) is 18.1 Å². The normalized spacial score (nSPS) is 26.3. The Bertz CT molecular complexity index is 1240. The van der Waals surface area contributed by atoms with Crippen LogP contribution in [0.4, 0.5) is 0 Å². The number of nitrogens with zero attached hydrogens (tertiary/aromatic N) is 2. The molecule has 1 aliphatic carbocycles. The van der Waals surface area contributed by atoms with Crippen LogP contribution in [0.5, 0.6) is 0 Å². The van der Waals surface area contributed by atoms with Gasteiger partial charge in [0.05, 0.1) is 23.6 Å². The van der Waals surface area contributed by atoms with E-state index in [1.54, 1.807) is 19.3 Å². The van der Waals surface area contributed by atoms with Crippen LogP contribution in [0.25, 0.3) is 11.6 Å². The number of furan rings is 1. The molecule has 0 unspecified atom stereocenters. The minimum absolute atomic E-state index is 0.120. The predicted molar refractivity (Wildman–Crippen MR) is 138 cm³/mol. The maximum Gasteiger partial charge on any atom is 0.455 e. The van der Waals surface area contributed by atoms with Crippen LogP contribution in [0.3, 0.4) is 0 Å². The monoisotopic (exact) mass is 504 g/mol. The molecule has 37 heavy (non-hydrogen) atoms. The van der Waals surface area contributed by atoms with E-state index in [1.165, 1.54) is 10.5 Å². The lowest BCUT2D eigenvalue weighted by Crippen LogP contribution is -2.46. The highest BCUT2D eigenvalue weighted by Crippen LogP contribution is 2.51. The summed E-state index contributed by atoms with van der Waals surface area (Å²) < 4.78 is 11.8. The molecule has 2 aromatic heterocycles. The van der Waals surface area contributed by atoms with E-state index < -0.39 is 13.0 Å². The van der Waals surface area contributed by atoms with Gasteiger partial charge in [-0.1, -0.05) is 25.5 Å². The van der Waals surface area contributed by atoms with Crippen LogP contribution in [0, 0.1) is 23.7 Å². The molecule has 4 heterocycles. The summed E-state index contributed by atoms with van der Waals surface area (Å²) in [6, 6.07) is 9.27. The highest BCUT2D eigenvalue weighted by atomic mass is 16.5. The van der Waals surface area contributed by atoms with Crippen molar-refractivity contribution in [3.63, 3.8) is 0 Å². The van der Waals surface area contributed by atoms with E-state index in [0.717, 1.165) is 16.8 Å². The Morgan fingerprint density at radius 2 is 2.03 bits per heavy atom. The molecule has 2 N–H and O–H groups in total. The van der Waals surface area contributed by atoms with E-state index in [0.29, 0.717) is 37.1 Å². The number of likely N-dealkylation sites (tertiary alicyclic amines) is 1. The predicted octanol–water partition coefficient (Wildman–Crippen LogP) is 3.57. The second-order valence-corrected chi connectivity index (χ2v) is 10.5. The third-order valence-electron chi connectivity index (χ3n) is 7.99. The molecule has 2 saturated heterocycles. The Morgan fingerprint density at radius 1 is 1.22 bits per heavy atom. The minimum Gasteiger partial charge on any atom is -0.459 e. The van der Waals surface area contributed by atoms with E-state index >= 15 is 0 Å². The molecule has 2 aliphatic heterocycles. The van der Waals surface area contributed by atoms with Gasteiger partial charge in [-0.2, -0.15) is 0 Å². The van der Waals surface area contributed by atoms with Gasteiger partial charge in [-0.05, 0) is 78.9 Å². The first kappa shape index (κ1) is 25.6. The topological polar surface area (TPSA) is 113 Å². The molecule has 0 saturated carbocycles. The molecule has 0 bridgehead atoms. The molecular formula is C28H33BN2O6. The molecule has 4 atom stereocenters. The average molecular weight is 504 g/mol. The van der Waals surface area contributed by atoms with Crippen molar-refractivity contribution >= 4 is 30.6 Å². The molecule has 0 spiro atoms. The molecule has 2 aromatic rings. The lowest BCUT2D eigenvalue weighted by atomic mass is 9.57. The van der Waals surface area contributed by atoms with Crippen LogP contribution >= 0.6 is 0 Å². The van der Waals surface area contributed by atoms with E-state index in [1.807, 2.05) is 30.3 Å². The van der Waals surface area contributed by atoms with E-state index in [9.17, 15) is 19.7 Å². The zero-order chi connectivity index (χ0) is 26.3. The third-order valence-corrected chi connectivity index (χ3v) is 7.99. The van der Waals surface area contributed by atoms with Crippen LogP contribution in [-0.2, 0) is 20.9 Å². The fraction of sp³-hybridized carbons (Fsp3) is 0.464. The number of aromatic nitrogens is 1. The summed E-state index contributed by atoms with van der Waals surface area (Å²) in [5, 5.41) is 20.1. The van der Waals surface area contributed by atoms with Crippen LogP contribution < -0.4 is 0 Å². The van der Waals surface area contributed by atoms with Crippen LogP contribution in [0.15, 0.2) is 52.1 Å². The Balaban J connectivity index is 1.48. The number of imide groups is 1. The number of fused-ring (bicyclic) bond motifs is 3. The van der Waals surface area contributed by atoms with Gasteiger partial charge in [-0.3, -0.25) is 19.5 Å². The first-order valence-electron chi connectivity index (χ1n) is 13.0. The number of aliphatic hydroxyl groups excluding tert-OH is 1. The average Bonchev–Trinajstić information content (AvgIpc) is 3.44. The molecule has 0 radical (unpaired) electrons. The Morgan fingerprint density at radius 3 is 2.70 bits per heavy atom. The van der Waals surface area contributed by atoms with Crippen LogP contribution in [0.1, 0.15) is 50.3 Å². The van der Waals surface area contributed by atoms with Crippen molar-refractivity contribution in [2.75, 3.05) is 7.05 Å². The second kappa shape index (κ2) is 10.4. The lowest BCUT2D eigenvalue weighted by molar-refractivity contribution is -0.138. The van der Waals surface area contributed by atoms with Crippen LogP contribution in [-0.4, -0.2) is 52.1 Å². The third kappa shape index (κ3) is 4.83. The van der Waals surface area contributed by atoms with Gasteiger partial charge in [0.15, 0.2) is 0 Å². The van der Waals surface area contributed by atoms with Gasteiger partial charge in [0.25, 0.3) is 0 Å². The summed E-state index contributed by atoms with van der Waals surface area (Å²) in [5.74, 6) is 0.00107. The summed E-state index contributed by atoms with van der Waals surface area (Å²) in [7, 11) is 0.560. The largest absolute Gasteiger partial charge is 0.459 e. The van der Waals surface area contributed by atoms with Crippen molar-refractivity contribution < 1.29 is 28.8 Å². The lowest BCUT2D eigenvalue weighted by Gasteiger charge is -2.44. The van der Waals surface area contributed by atoms with Crippen molar-refractivity contribution in [3.8, 4) is 0 Å².